The standard InChI is InChI=1S/C12H12BrN3O2/c1-14-6-9-15-11(17)10(12(18)16-9)7-4-2-3-5-8(7)13/h2-5,10,14H,6H2,1H3,(H,15,16,17,18). The van der Waals surface area contributed by atoms with E-state index >= 15 is 0 Å². The number of nitrogens with zero attached hydrogens (tertiary/aromatic N) is 1. The molecule has 6 heteroatoms. The Labute approximate surface area is 113 Å². The Bertz CT molecular complexity index is 528. The van der Waals surface area contributed by atoms with Crippen LogP contribution < -0.4 is 10.6 Å². The van der Waals surface area contributed by atoms with E-state index in [1.54, 1.807) is 25.2 Å². The summed E-state index contributed by atoms with van der Waals surface area (Å²) in [5.41, 5.74) is 0.632. The molecule has 2 amide bonds. The lowest BCUT2D eigenvalue weighted by Crippen LogP contribution is -2.46. The Kier molecular flexibility index (Phi) is 3.88. The minimum Gasteiger partial charge on any atom is -0.313 e. The van der Waals surface area contributed by atoms with Gasteiger partial charge < -0.3 is 10.6 Å². The lowest BCUT2D eigenvalue weighted by Gasteiger charge is -2.21. The zero-order chi connectivity index (χ0) is 13.1. The van der Waals surface area contributed by atoms with Gasteiger partial charge in [0.25, 0.3) is 5.91 Å². The topological polar surface area (TPSA) is 70.6 Å². The Morgan fingerprint density at radius 2 is 2.11 bits per heavy atom. The Hall–Kier alpha value is -1.53. The highest BCUT2D eigenvalue weighted by atomic mass is 79.9. The van der Waals surface area contributed by atoms with Crippen molar-refractivity contribution < 1.29 is 9.59 Å². The van der Waals surface area contributed by atoms with Crippen molar-refractivity contribution in [2.24, 2.45) is 4.99 Å². The Balaban J connectivity index is 2.34. The molecule has 0 fully saturated rings. The van der Waals surface area contributed by atoms with Crippen LogP contribution in [-0.2, 0) is 9.59 Å². The molecule has 2 N–H and O–H groups in total. The quantitative estimate of drug-likeness (QED) is 0.812. The number of nitrogens with one attached hydrogen (secondary N) is 2. The zero-order valence-electron chi connectivity index (χ0n) is 9.74. The second-order valence-electron chi connectivity index (χ2n) is 3.87. The molecule has 0 bridgehead atoms. The predicted octanol–water partition coefficient (Wildman–Crippen LogP) is 0.807. The lowest BCUT2D eigenvalue weighted by molar-refractivity contribution is -0.129. The molecule has 0 spiro atoms. The van der Waals surface area contributed by atoms with Gasteiger partial charge in [-0.15, -0.1) is 0 Å². The number of carbonyl (C=O) groups excluding carboxylic acids is 2. The van der Waals surface area contributed by atoms with Crippen LogP contribution in [0.25, 0.3) is 0 Å². The number of rotatable bonds is 3. The number of likely N-dealkylation sites (N-methyl/N-ethyl adjacent to an activating group) is 1. The number of amidine groups is 1. The van der Waals surface area contributed by atoms with Crippen LogP contribution in [0.4, 0.5) is 0 Å². The van der Waals surface area contributed by atoms with Crippen molar-refractivity contribution in [2.45, 2.75) is 5.92 Å². The van der Waals surface area contributed by atoms with Crippen molar-refractivity contribution in [2.75, 3.05) is 13.6 Å². The van der Waals surface area contributed by atoms with Gasteiger partial charge in [0.15, 0.2) is 0 Å². The first-order chi connectivity index (χ1) is 8.63. The van der Waals surface area contributed by atoms with Gasteiger partial charge in [0.2, 0.25) is 5.91 Å². The van der Waals surface area contributed by atoms with Gasteiger partial charge in [-0.1, -0.05) is 34.1 Å². The molecule has 0 aliphatic carbocycles. The van der Waals surface area contributed by atoms with E-state index in [0.29, 0.717) is 17.9 Å². The SMILES string of the molecule is CNCC1=NC(=O)C(c2ccccc2Br)C(=O)N1. The van der Waals surface area contributed by atoms with Gasteiger partial charge in [0.05, 0.1) is 6.54 Å². The molecule has 1 atom stereocenters. The van der Waals surface area contributed by atoms with Crippen LogP contribution in [0.1, 0.15) is 11.5 Å². The molecule has 1 unspecified atom stereocenters. The van der Waals surface area contributed by atoms with E-state index < -0.39 is 11.8 Å². The van der Waals surface area contributed by atoms with Gasteiger partial charge >= 0.3 is 0 Å². The van der Waals surface area contributed by atoms with Crippen LogP contribution in [0.2, 0.25) is 0 Å². The first-order valence-corrected chi connectivity index (χ1v) is 6.24. The molecule has 1 heterocycles. The van der Waals surface area contributed by atoms with Gasteiger partial charge in [-0.25, -0.2) is 0 Å². The minimum atomic E-state index is -0.874. The molecule has 0 aromatic heterocycles. The second kappa shape index (κ2) is 5.41. The fourth-order valence-electron chi connectivity index (χ4n) is 1.79. The van der Waals surface area contributed by atoms with Crippen molar-refractivity contribution in [1.82, 2.24) is 10.6 Å². The maximum absolute atomic E-state index is 12.0. The van der Waals surface area contributed by atoms with Gasteiger partial charge in [0, 0.05) is 4.47 Å². The fourth-order valence-corrected chi connectivity index (χ4v) is 2.30. The summed E-state index contributed by atoms with van der Waals surface area (Å²) in [6, 6.07) is 7.15. The maximum atomic E-state index is 12.0. The molecule has 5 nitrogen and oxygen atoms in total. The fraction of sp³-hybridized carbons (Fsp3) is 0.250. The third-order valence-electron chi connectivity index (χ3n) is 2.58. The molecule has 1 aromatic carbocycles. The summed E-state index contributed by atoms with van der Waals surface area (Å²) in [4.78, 5) is 27.8. The summed E-state index contributed by atoms with van der Waals surface area (Å²) in [7, 11) is 1.72. The van der Waals surface area contributed by atoms with Crippen molar-refractivity contribution in [1.29, 1.82) is 0 Å². The second-order valence-corrected chi connectivity index (χ2v) is 4.73. The molecule has 94 valence electrons. The number of carbonyl (C=O) groups is 2. The summed E-state index contributed by atoms with van der Waals surface area (Å²) < 4.78 is 0.728. The average Bonchev–Trinajstić information content (AvgIpc) is 2.31. The highest BCUT2D eigenvalue weighted by molar-refractivity contribution is 9.10. The van der Waals surface area contributed by atoms with E-state index in [4.69, 9.17) is 0 Å². The van der Waals surface area contributed by atoms with Gasteiger partial charge in [-0.2, -0.15) is 4.99 Å². The molecule has 0 saturated carbocycles. The van der Waals surface area contributed by atoms with Crippen molar-refractivity contribution in [3.05, 3.63) is 34.3 Å². The van der Waals surface area contributed by atoms with E-state index in [1.807, 2.05) is 6.07 Å². The number of amides is 2. The number of hydrogen-bond acceptors (Lipinski definition) is 3. The molecule has 1 aliphatic rings. The minimum absolute atomic E-state index is 0.341. The first-order valence-electron chi connectivity index (χ1n) is 5.44. The van der Waals surface area contributed by atoms with Crippen LogP contribution in [0.15, 0.2) is 33.7 Å². The normalized spacial score (nSPS) is 19.4. The summed E-state index contributed by atoms with van der Waals surface area (Å²) in [5, 5.41) is 5.47. The molecule has 1 aliphatic heterocycles. The first kappa shape index (κ1) is 12.9. The largest absolute Gasteiger partial charge is 0.313 e. The van der Waals surface area contributed by atoms with Crippen molar-refractivity contribution >= 4 is 33.6 Å². The highest BCUT2D eigenvalue weighted by Crippen LogP contribution is 2.27. The van der Waals surface area contributed by atoms with E-state index in [2.05, 4.69) is 31.6 Å². The molecular formula is C12H12BrN3O2. The third-order valence-corrected chi connectivity index (χ3v) is 3.30. The molecule has 18 heavy (non-hydrogen) atoms. The van der Waals surface area contributed by atoms with E-state index in [1.165, 1.54) is 0 Å². The monoisotopic (exact) mass is 309 g/mol. The van der Waals surface area contributed by atoms with E-state index in [-0.39, 0.29) is 5.91 Å². The smallest absolute Gasteiger partial charge is 0.264 e. The molecule has 2 rings (SSSR count). The van der Waals surface area contributed by atoms with Crippen LogP contribution >= 0.6 is 15.9 Å². The molecule has 1 aromatic rings. The van der Waals surface area contributed by atoms with Crippen molar-refractivity contribution in [3.8, 4) is 0 Å². The average molecular weight is 310 g/mol. The van der Waals surface area contributed by atoms with Crippen LogP contribution in [0, 0.1) is 0 Å². The summed E-state index contributed by atoms with van der Waals surface area (Å²) in [5.74, 6) is -1.29. The van der Waals surface area contributed by atoms with Gasteiger partial charge in [-0.3, -0.25) is 9.59 Å². The Morgan fingerprint density at radius 1 is 1.39 bits per heavy atom. The van der Waals surface area contributed by atoms with Crippen LogP contribution in [-0.4, -0.2) is 31.2 Å². The number of halogens is 1. The number of benzene rings is 1. The van der Waals surface area contributed by atoms with Crippen LogP contribution in [0.3, 0.4) is 0 Å². The van der Waals surface area contributed by atoms with Crippen molar-refractivity contribution in [3.63, 3.8) is 0 Å². The maximum Gasteiger partial charge on any atom is 0.264 e. The molecular weight excluding hydrogens is 298 g/mol. The predicted molar refractivity (Wildman–Crippen MR) is 71.4 cm³/mol. The van der Waals surface area contributed by atoms with Gasteiger partial charge in [0.1, 0.15) is 11.8 Å². The van der Waals surface area contributed by atoms with Gasteiger partial charge in [-0.05, 0) is 18.7 Å². The Morgan fingerprint density at radius 3 is 2.72 bits per heavy atom. The van der Waals surface area contributed by atoms with E-state index in [0.717, 1.165) is 4.47 Å². The third kappa shape index (κ3) is 2.49. The van der Waals surface area contributed by atoms with Crippen LogP contribution in [0.5, 0.6) is 0 Å². The number of hydrogen-bond donors (Lipinski definition) is 2. The summed E-state index contributed by atoms with van der Waals surface area (Å²) in [6.07, 6.45) is 0. The number of aliphatic imine (C=N–C) groups is 1. The molecule has 0 radical (unpaired) electrons. The zero-order valence-corrected chi connectivity index (χ0v) is 11.3. The highest BCUT2D eigenvalue weighted by Gasteiger charge is 2.34. The summed E-state index contributed by atoms with van der Waals surface area (Å²) >= 11 is 3.34. The van der Waals surface area contributed by atoms with E-state index in [9.17, 15) is 9.59 Å². The lowest BCUT2D eigenvalue weighted by atomic mass is 9.96. The summed E-state index contributed by atoms with van der Waals surface area (Å²) in [6.45, 7) is 0.361. The molecule has 0 saturated heterocycles.